The molecular formula is C13H22O11. The van der Waals surface area contributed by atoms with E-state index < -0.39 is 74.1 Å². The Morgan fingerprint density at radius 1 is 0.958 bits per heavy atom. The molecule has 3 fully saturated rings. The zero-order valence-corrected chi connectivity index (χ0v) is 12.6. The van der Waals surface area contributed by atoms with E-state index in [1.54, 1.807) is 0 Å². The lowest BCUT2D eigenvalue weighted by Gasteiger charge is -2.43. The number of hydrogen-bond donors (Lipinski definition) is 7. The second-order valence-electron chi connectivity index (χ2n) is 6.17. The number of epoxide rings is 1. The number of ether oxygens (including phenoxy) is 4. The maximum Gasteiger partial charge on any atom is 0.224 e. The number of aliphatic hydroxyl groups is 7. The van der Waals surface area contributed by atoms with Gasteiger partial charge in [0.25, 0.3) is 0 Å². The Hall–Kier alpha value is -0.440. The van der Waals surface area contributed by atoms with E-state index in [0.717, 1.165) is 0 Å². The third kappa shape index (κ3) is 2.95. The van der Waals surface area contributed by atoms with Crippen LogP contribution in [0.25, 0.3) is 0 Å². The first-order chi connectivity index (χ1) is 11.3. The van der Waals surface area contributed by atoms with E-state index >= 15 is 0 Å². The molecule has 11 heteroatoms. The van der Waals surface area contributed by atoms with Crippen molar-refractivity contribution in [3.05, 3.63) is 0 Å². The number of rotatable bonds is 5. The van der Waals surface area contributed by atoms with Crippen molar-refractivity contribution in [2.24, 2.45) is 0 Å². The molecule has 3 aliphatic rings. The molecule has 3 saturated heterocycles. The Morgan fingerprint density at radius 3 is 2.17 bits per heavy atom. The Labute approximate surface area is 136 Å². The fourth-order valence-electron chi connectivity index (χ4n) is 2.98. The topological polar surface area (TPSA) is 182 Å². The summed E-state index contributed by atoms with van der Waals surface area (Å²) in [7, 11) is 0. The van der Waals surface area contributed by atoms with E-state index in [1.807, 2.05) is 0 Å². The molecule has 10 atom stereocenters. The second-order valence-corrected chi connectivity index (χ2v) is 6.17. The summed E-state index contributed by atoms with van der Waals surface area (Å²) in [5, 5.41) is 68.5. The molecule has 0 spiro atoms. The summed E-state index contributed by atoms with van der Waals surface area (Å²) < 4.78 is 21.0. The normalized spacial score (nSPS) is 54.9. The quantitative estimate of drug-likeness (QED) is 0.235. The van der Waals surface area contributed by atoms with E-state index in [0.29, 0.717) is 6.61 Å². The molecule has 0 radical (unpaired) electrons. The van der Waals surface area contributed by atoms with Crippen LogP contribution >= 0.6 is 0 Å². The van der Waals surface area contributed by atoms with Gasteiger partial charge in [0.05, 0.1) is 13.2 Å². The Kier molecular flexibility index (Phi) is 5.12. The average molecular weight is 354 g/mol. The first-order valence-corrected chi connectivity index (χ1v) is 7.59. The Morgan fingerprint density at radius 2 is 1.62 bits per heavy atom. The first-order valence-electron chi connectivity index (χ1n) is 7.59. The monoisotopic (exact) mass is 354 g/mol. The largest absolute Gasteiger partial charge is 0.394 e. The van der Waals surface area contributed by atoms with Gasteiger partial charge in [-0.3, -0.25) is 0 Å². The van der Waals surface area contributed by atoms with Crippen molar-refractivity contribution in [1.29, 1.82) is 0 Å². The van der Waals surface area contributed by atoms with Crippen LogP contribution in [0.3, 0.4) is 0 Å². The lowest BCUT2D eigenvalue weighted by atomic mass is 9.99. The van der Waals surface area contributed by atoms with Crippen molar-refractivity contribution in [3.8, 4) is 0 Å². The molecule has 0 bridgehead atoms. The maximum absolute atomic E-state index is 10.2. The van der Waals surface area contributed by atoms with Crippen LogP contribution in [0, 0.1) is 0 Å². The van der Waals surface area contributed by atoms with E-state index in [2.05, 4.69) is 0 Å². The maximum atomic E-state index is 10.2. The minimum absolute atomic E-state index is 0.315. The molecular weight excluding hydrogens is 332 g/mol. The van der Waals surface area contributed by atoms with Crippen molar-refractivity contribution < 1.29 is 54.7 Å². The molecule has 0 aliphatic carbocycles. The van der Waals surface area contributed by atoms with Crippen molar-refractivity contribution >= 4 is 0 Å². The van der Waals surface area contributed by atoms with Gasteiger partial charge in [-0.25, -0.2) is 0 Å². The summed E-state index contributed by atoms with van der Waals surface area (Å²) in [6.07, 6.45) is -12.4. The van der Waals surface area contributed by atoms with Crippen molar-refractivity contribution in [2.75, 3.05) is 19.8 Å². The first kappa shape index (κ1) is 18.4. The molecule has 0 amide bonds. The average Bonchev–Trinajstić information content (AvgIpc) is 3.39. The molecule has 0 unspecified atom stereocenters. The third-order valence-electron chi connectivity index (χ3n) is 4.56. The van der Waals surface area contributed by atoms with Crippen molar-refractivity contribution in [3.63, 3.8) is 0 Å². The Bertz CT molecular complexity index is 444. The van der Waals surface area contributed by atoms with E-state index in [4.69, 9.17) is 24.1 Å². The lowest BCUT2D eigenvalue weighted by Crippen LogP contribution is -2.62. The van der Waals surface area contributed by atoms with Crippen LogP contribution in [0.1, 0.15) is 0 Å². The number of hydrogen-bond acceptors (Lipinski definition) is 11. The molecule has 3 aliphatic heterocycles. The molecule has 0 aromatic carbocycles. The zero-order chi connectivity index (χ0) is 17.6. The fourth-order valence-corrected chi connectivity index (χ4v) is 2.98. The van der Waals surface area contributed by atoms with Gasteiger partial charge >= 0.3 is 0 Å². The fraction of sp³-hybridized carbons (Fsp3) is 1.00. The van der Waals surface area contributed by atoms with Gasteiger partial charge in [-0.1, -0.05) is 0 Å². The predicted molar refractivity (Wildman–Crippen MR) is 71.3 cm³/mol. The van der Waals surface area contributed by atoms with Crippen molar-refractivity contribution in [1.82, 2.24) is 0 Å². The SMILES string of the molecule is OC[C@H]1O[C@H](O[C@@]2(CO)O[C@H]([C@@H]3CO3)[C@@H](O)[C@@H]2O)[C@H](O)[C@@H](O)[C@@H]1O. The lowest BCUT2D eigenvalue weighted by molar-refractivity contribution is -0.383. The second kappa shape index (κ2) is 6.70. The summed E-state index contributed by atoms with van der Waals surface area (Å²) in [5.74, 6) is -2.12. The highest BCUT2D eigenvalue weighted by atomic mass is 16.8. The van der Waals surface area contributed by atoms with Gasteiger partial charge in [-0.2, -0.15) is 0 Å². The highest BCUT2D eigenvalue weighted by Gasteiger charge is 2.61. The van der Waals surface area contributed by atoms with E-state index in [-0.39, 0.29) is 0 Å². The molecule has 0 saturated carbocycles. The van der Waals surface area contributed by atoms with Gasteiger partial charge in [-0.15, -0.1) is 0 Å². The van der Waals surface area contributed by atoms with Crippen molar-refractivity contribution in [2.45, 2.75) is 60.9 Å². The molecule has 3 heterocycles. The number of aliphatic hydroxyl groups excluding tert-OH is 7. The third-order valence-corrected chi connectivity index (χ3v) is 4.56. The van der Waals surface area contributed by atoms with E-state index in [1.165, 1.54) is 0 Å². The highest BCUT2D eigenvalue weighted by Crippen LogP contribution is 2.39. The van der Waals surface area contributed by atoms with Crippen LogP contribution in [0.5, 0.6) is 0 Å². The minimum Gasteiger partial charge on any atom is -0.394 e. The van der Waals surface area contributed by atoms with Crippen LogP contribution in [0.15, 0.2) is 0 Å². The molecule has 0 aromatic heterocycles. The van der Waals surface area contributed by atoms with Gasteiger partial charge in [0.15, 0.2) is 6.29 Å². The molecule has 0 aromatic rings. The molecule has 24 heavy (non-hydrogen) atoms. The smallest absolute Gasteiger partial charge is 0.224 e. The molecule has 11 nitrogen and oxygen atoms in total. The highest BCUT2D eigenvalue weighted by molar-refractivity contribution is 5.03. The zero-order valence-electron chi connectivity index (χ0n) is 12.6. The van der Waals surface area contributed by atoms with Gasteiger partial charge in [0.2, 0.25) is 5.79 Å². The minimum atomic E-state index is -2.12. The van der Waals surface area contributed by atoms with Gasteiger partial charge in [0, 0.05) is 0 Å². The summed E-state index contributed by atoms with van der Waals surface area (Å²) in [6, 6.07) is 0. The summed E-state index contributed by atoms with van der Waals surface area (Å²) in [6.45, 7) is -1.24. The Balaban J connectivity index is 1.76. The van der Waals surface area contributed by atoms with Gasteiger partial charge in [-0.05, 0) is 0 Å². The molecule has 3 rings (SSSR count). The van der Waals surface area contributed by atoms with Crippen LogP contribution in [-0.4, -0.2) is 116 Å². The standard InChI is InChI=1S/C13H22O11/c14-1-4-6(16)7(17)8(18)12(22-4)24-13(3-15)11(20)9(19)10(23-13)5-2-21-5/h4-12,14-20H,1-3H2/t4-,5+,6-,7+,8-,9-,10-,11+,12-,13-/m1/s1. The van der Waals surface area contributed by atoms with Crippen LogP contribution in [-0.2, 0) is 18.9 Å². The summed E-state index contributed by atoms with van der Waals surface area (Å²) in [4.78, 5) is 0. The molecule has 140 valence electrons. The van der Waals surface area contributed by atoms with Crippen LogP contribution in [0.4, 0.5) is 0 Å². The van der Waals surface area contributed by atoms with E-state index in [9.17, 15) is 30.6 Å². The van der Waals surface area contributed by atoms with Gasteiger partial charge < -0.3 is 54.7 Å². The van der Waals surface area contributed by atoms with Gasteiger partial charge in [0.1, 0.15) is 55.4 Å². The van der Waals surface area contributed by atoms with Crippen LogP contribution in [0.2, 0.25) is 0 Å². The molecule has 7 N–H and O–H groups in total. The van der Waals surface area contributed by atoms with Crippen LogP contribution < -0.4 is 0 Å². The predicted octanol–water partition coefficient (Wildman–Crippen LogP) is -4.99. The summed E-state index contributed by atoms with van der Waals surface area (Å²) in [5.41, 5.74) is 0. The summed E-state index contributed by atoms with van der Waals surface area (Å²) >= 11 is 0.